The predicted molar refractivity (Wildman–Crippen MR) is 104 cm³/mol. The van der Waals surface area contributed by atoms with Crippen molar-refractivity contribution < 1.29 is 8.42 Å². The molecule has 0 bridgehead atoms. The highest BCUT2D eigenvalue weighted by Crippen LogP contribution is 2.21. The van der Waals surface area contributed by atoms with E-state index < -0.39 is 10.0 Å². The second kappa shape index (κ2) is 8.01. The molecule has 1 saturated heterocycles. The van der Waals surface area contributed by atoms with Crippen LogP contribution in [-0.2, 0) is 10.0 Å². The van der Waals surface area contributed by atoms with Gasteiger partial charge in [-0.2, -0.15) is 9.41 Å². The summed E-state index contributed by atoms with van der Waals surface area (Å²) in [6.07, 6.45) is 2.89. The number of piperidine rings is 1. The van der Waals surface area contributed by atoms with Crippen LogP contribution >= 0.6 is 0 Å². The fraction of sp³-hybridized carbons (Fsp3) is 0.389. The van der Waals surface area contributed by atoms with Crippen LogP contribution in [0.15, 0.2) is 45.1 Å². The van der Waals surface area contributed by atoms with Gasteiger partial charge in [-0.15, -0.1) is 0 Å². The first-order chi connectivity index (χ1) is 12.9. The maximum atomic E-state index is 12.7. The second-order valence-electron chi connectivity index (χ2n) is 6.53. The monoisotopic (exact) mass is 389 g/mol. The van der Waals surface area contributed by atoms with Gasteiger partial charge >= 0.3 is 0 Å². The molecule has 0 amide bonds. The average Bonchev–Trinajstić information content (AvgIpc) is 2.66. The Balaban J connectivity index is 1.75. The summed E-state index contributed by atoms with van der Waals surface area (Å²) in [5.41, 5.74) is 4.45. The first-order valence-corrected chi connectivity index (χ1v) is 10.3. The number of aromatic amines is 1. The number of hydrogen-bond acceptors (Lipinski definition) is 6. The lowest BCUT2D eigenvalue weighted by Crippen LogP contribution is -2.35. The standard InChI is InChI=1S/C18H23N5O3S/c1-13-12-17(24)20-18(19-13)22-21-14(2)15-6-8-16(9-7-15)27(25,26)23-10-4-3-5-11-23/h6-9,12H,3-5,10-11H2,1-2H3,(H2,19,20,22,24)/b21-14-. The molecular formula is C18H23N5O3S. The Morgan fingerprint density at radius 2 is 1.85 bits per heavy atom. The zero-order valence-electron chi connectivity index (χ0n) is 15.4. The zero-order chi connectivity index (χ0) is 19.4. The van der Waals surface area contributed by atoms with Crippen molar-refractivity contribution in [1.29, 1.82) is 0 Å². The minimum Gasteiger partial charge on any atom is -0.291 e. The third-order valence-electron chi connectivity index (χ3n) is 4.42. The summed E-state index contributed by atoms with van der Waals surface area (Å²) >= 11 is 0. The lowest BCUT2D eigenvalue weighted by atomic mass is 10.1. The van der Waals surface area contributed by atoms with Crippen molar-refractivity contribution in [2.24, 2.45) is 5.10 Å². The van der Waals surface area contributed by atoms with Crippen molar-refractivity contribution >= 4 is 21.7 Å². The van der Waals surface area contributed by atoms with Gasteiger partial charge < -0.3 is 0 Å². The van der Waals surface area contributed by atoms with Gasteiger partial charge in [0.05, 0.1) is 10.6 Å². The molecule has 1 aliphatic rings. The number of nitrogens with zero attached hydrogens (tertiary/aromatic N) is 3. The summed E-state index contributed by atoms with van der Waals surface area (Å²) in [5.74, 6) is 0.253. The van der Waals surface area contributed by atoms with Crippen molar-refractivity contribution in [2.45, 2.75) is 38.0 Å². The van der Waals surface area contributed by atoms with Gasteiger partial charge in [-0.1, -0.05) is 18.6 Å². The van der Waals surface area contributed by atoms with Crippen molar-refractivity contribution in [2.75, 3.05) is 18.5 Å². The van der Waals surface area contributed by atoms with Crippen molar-refractivity contribution in [3.8, 4) is 0 Å². The normalized spacial score (nSPS) is 16.3. The molecule has 2 aromatic rings. The van der Waals surface area contributed by atoms with Crippen LogP contribution in [0.5, 0.6) is 0 Å². The molecule has 0 aliphatic carbocycles. The molecule has 0 radical (unpaired) electrons. The molecule has 0 atom stereocenters. The maximum absolute atomic E-state index is 12.7. The fourth-order valence-electron chi connectivity index (χ4n) is 2.96. The molecule has 3 rings (SSSR count). The molecule has 1 aliphatic heterocycles. The minimum absolute atomic E-state index is 0.253. The van der Waals surface area contributed by atoms with Gasteiger partial charge in [0, 0.05) is 24.8 Å². The predicted octanol–water partition coefficient (Wildman–Crippen LogP) is 2.09. The van der Waals surface area contributed by atoms with E-state index in [9.17, 15) is 13.2 Å². The number of hydrogen-bond donors (Lipinski definition) is 2. The molecular weight excluding hydrogens is 366 g/mol. The van der Waals surface area contributed by atoms with E-state index in [0.29, 0.717) is 29.4 Å². The molecule has 144 valence electrons. The van der Waals surface area contributed by atoms with Gasteiger partial charge in [0.2, 0.25) is 16.0 Å². The SMILES string of the molecule is C/C(=N/Nc1nc(C)cc(=O)[nH]1)c1ccc(S(=O)(=O)N2CCCCC2)cc1. The van der Waals surface area contributed by atoms with Gasteiger partial charge in [0.1, 0.15) is 0 Å². The Labute approximate surface area is 158 Å². The van der Waals surface area contributed by atoms with Crippen molar-refractivity contribution in [3.05, 3.63) is 51.9 Å². The number of aryl methyl sites for hydroxylation is 1. The van der Waals surface area contributed by atoms with Gasteiger partial charge in [0.25, 0.3) is 5.56 Å². The van der Waals surface area contributed by atoms with Crippen LogP contribution < -0.4 is 11.0 Å². The average molecular weight is 389 g/mol. The van der Waals surface area contributed by atoms with Gasteiger partial charge in [-0.3, -0.25) is 9.78 Å². The van der Waals surface area contributed by atoms with E-state index in [-0.39, 0.29) is 11.5 Å². The van der Waals surface area contributed by atoms with E-state index in [1.807, 2.05) is 0 Å². The smallest absolute Gasteiger partial charge is 0.252 e. The minimum atomic E-state index is -3.44. The highest BCUT2D eigenvalue weighted by Gasteiger charge is 2.25. The molecule has 27 heavy (non-hydrogen) atoms. The number of nitrogens with one attached hydrogen (secondary N) is 2. The number of anilines is 1. The summed E-state index contributed by atoms with van der Waals surface area (Å²) in [5, 5.41) is 4.20. The quantitative estimate of drug-likeness (QED) is 0.601. The van der Waals surface area contributed by atoms with E-state index in [1.165, 1.54) is 6.07 Å². The Bertz CT molecular complexity index is 990. The Morgan fingerprint density at radius 3 is 2.48 bits per heavy atom. The molecule has 2 N–H and O–H groups in total. The van der Waals surface area contributed by atoms with Gasteiger partial charge in [0.15, 0.2) is 0 Å². The molecule has 1 fully saturated rings. The Kier molecular flexibility index (Phi) is 5.71. The summed E-state index contributed by atoms with van der Waals surface area (Å²) < 4.78 is 26.9. The third-order valence-corrected chi connectivity index (χ3v) is 6.34. The molecule has 0 spiro atoms. The van der Waals surface area contributed by atoms with Gasteiger partial charge in [-0.25, -0.2) is 18.8 Å². The van der Waals surface area contributed by atoms with Crippen molar-refractivity contribution in [1.82, 2.24) is 14.3 Å². The highest BCUT2D eigenvalue weighted by molar-refractivity contribution is 7.89. The van der Waals surface area contributed by atoms with E-state index in [1.54, 1.807) is 42.4 Å². The number of rotatable bonds is 5. The first kappa shape index (κ1) is 19.2. The highest BCUT2D eigenvalue weighted by atomic mass is 32.2. The van der Waals surface area contributed by atoms with Crippen LogP contribution in [0.1, 0.15) is 37.4 Å². The fourth-order valence-corrected chi connectivity index (χ4v) is 4.47. The van der Waals surface area contributed by atoms with E-state index in [4.69, 9.17) is 0 Å². The molecule has 1 aromatic carbocycles. The van der Waals surface area contributed by atoms with Gasteiger partial charge in [-0.05, 0) is 44.4 Å². The number of benzene rings is 1. The number of aromatic nitrogens is 2. The molecule has 0 saturated carbocycles. The van der Waals surface area contributed by atoms with E-state index in [2.05, 4.69) is 20.5 Å². The first-order valence-electron chi connectivity index (χ1n) is 8.85. The maximum Gasteiger partial charge on any atom is 0.252 e. The van der Waals surface area contributed by atoms with Crippen LogP contribution in [0.25, 0.3) is 0 Å². The third kappa shape index (κ3) is 4.61. The van der Waals surface area contributed by atoms with Crippen LogP contribution in [-0.4, -0.2) is 41.5 Å². The molecule has 9 heteroatoms. The van der Waals surface area contributed by atoms with E-state index in [0.717, 1.165) is 24.8 Å². The summed E-state index contributed by atoms with van der Waals surface area (Å²) in [6, 6.07) is 8.05. The summed E-state index contributed by atoms with van der Waals surface area (Å²) in [7, 11) is -3.44. The van der Waals surface area contributed by atoms with Crippen LogP contribution in [0.4, 0.5) is 5.95 Å². The summed E-state index contributed by atoms with van der Waals surface area (Å²) in [4.78, 5) is 18.4. The molecule has 0 unspecified atom stereocenters. The second-order valence-corrected chi connectivity index (χ2v) is 8.47. The van der Waals surface area contributed by atoms with E-state index >= 15 is 0 Å². The van der Waals surface area contributed by atoms with Crippen LogP contribution in [0, 0.1) is 6.92 Å². The number of hydrazone groups is 1. The molecule has 8 nitrogen and oxygen atoms in total. The zero-order valence-corrected chi connectivity index (χ0v) is 16.2. The topological polar surface area (TPSA) is 108 Å². The van der Waals surface area contributed by atoms with Crippen LogP contribution in [0.3, 0.4) is 0 Å². The Morgan fingerprint density at radius 1 is 1.19 bits per heavy atom. The number of sulfonamides is 1. The lowest BCUT2D eigenvalue weighted by Gasteiger charge is -2.25. The molecule has 2 heterocycles. The molecule has 1 aromatic heterocycles. The lowest BCUT2D eigenvalue weighted by molar-refractivity contribution is 0.346. The van der Waals surface area contributed by atoms with Crippen LogP contribution in [0.2, 0.25) is 0 Å². The number of H-pyrrole nitrogens is 1. The Hall–Kier alpha value is -2.52. The summed E-state index contributed by atoms with van der Waals surface area (Å²) in [6.45, 7) is 4.67. The largest absolute Gasteiger partial charge is 0.291 e. The van der Waals surface area contributed by atoms with Crippen molar-refractivity contribution in [3.63, 3.8) is 0 Å².